The Morgan fingerprint density at radius 2 is 1.44 bits per heavy atom. The monoisotopic (exact) mass is 576 g/mol. The van der Waals surface area contributed by atoms with Gasteiger partial charge in [0.2, 0.25) is 17.7 Å². The summed E-state index contributed by atoms with van der Waals surface area (Å²) in [6.07, 6.45) is 0.905. The summed E-state index contributed by atoms with van der Waals surface area (Å²) in [5, 5.41) is 35.3. The lowest BCUT2D eigenvalue weighted by molar-refractivity contribution is -0.144. The molecular weight excluding hydrogens is 540 g/mol. The van der Waals surface area contributed by atoms with E-state index in [4.69, 9.17) is 16.6 Å². The first-order valence-corrected chi connectivity index (χ1v) is 13.0. The number of hydrogen-bond acceptors (Lipinski definition) is 8. The molecule has 4 atom stereocenters. The van der Waals surface area contributed by atoms with E-state index in [0.29, 0.717) is 12.8 Å². The normalized spacial score (nSPS) is 13.9. The minimum absolute atomic E-state index is 0.0217. The second-order valence-corrected chi connectivity index (χ2v) is 9.51. The van der Waals surface area contributed by atoms with Crippen LogP contribution in [0.15, 0.2) is 30.5 Å². The average molecular weight is 577 g/mol. The number of aromatic amines is 1. The molecule has 1 heterocycles. The number of fused-ring (bicyclic) bond motifs is 1. The van der Waals surface area contributed by atoms with Crippen molar-refractivity contribution < 1.29 is 44.1 Å². The van der Waals surface area contributed by atoms with Gasteiger partial charge in [0.25, 0.3) is 0 Å². The summed E-state index contributed by atoms with van der Waals surface area (Å²) in [5.74, 6) is -6.82. The molecule has 0 aliphatic heterocycles. The van der Waals surface area contributed by atoms with Crippen LogP contribution < -0.4 is 27.4 Å². The van der Waals surface area contributed by atoms with Crippen LogP contribution >= 0.6 is 0 Å². The summed E-state index contributed by atoms with van der Waals surface area (Å²) in [5.41, 5.74) is 13.1. The number of nitrogens with two attached hydrogens (primary N) is 2. The zero-order chi connectivity index (χ0) is 30.5. The molecule has 1 aromatic carbocycles. The van der Waals surface area contributed by atoms with Gasteiger partial charge in [0.1, 0.15) is 18.1 Å². The molecule has 0 fully saturated rings. The van der Waals surface area contributed by atoms with Crippen molar-refractivity contribution in [3.05, 3.63) is 36.0 Å². The van der Waals surface area contributed by atoms with Gasteiger partial charge in [0.05, 0.1) is 12.5 Å². The lowest BCUT2D eigenvalue weighted by Gasteiger charge is -2.24. The molecule has 15 nitrogen and oxygen atoms in total. The molecule has 0 saturated carbocycles. The van der Waals surface area contributed by atoms with Gasteiger partial charge >= 0.3 is 17.9 Å². The fourth-order valence-corrected chi connectivity index (χ4v) is 4.12. The van der Waals surface area contributed by atoms with Gasteiger partial charge in [-0.2, -0.15) is 0 Å². The lowest BCUT2D eigenvalue weighted by Crippen LogP contribution is -2.57. The molecule has 0 spiro atoms. The van der Waals surface area contributed by atoms with Crippen molar-refractivity contribution in [2.24, 2.45) is 11.5 Å². The van der Waals surface area contributed by atoms with Crippen molar-refractivity contribution in [3.63, 3.8) is 0 Å². The molecule has 11 N–H and O–H groups in total. The summed E-state index contributed by atoms with van der Waals surface area (Å²) >= 11 is 0. The summed E-state index contributed by atoms with van der Waals surface area (Å²) in [7, 11) is 0. The predicted octanol–water partition coefficient (Wildman–Crippen LogP) is -0.955. The highest BCUT2D eigenvalue weighted by molar-refractivity contribution is 5.96. The highest BCUT2D eigenvalue weighted by Crippen LogP contribution is 2.19. The van der Waals surface area contributed by atoms with Gasteiger partial charge < -0.3 is 47.7 Å². The second-order valence-electron chi connectivity index (χ2n) is 9.51. The molecule has 41 heavy (non-hydrogen) atoms. The molecule has 224 valence electrons. The van der Waals surface area contributed by atoms with E-state index in [1.54, 1.807) is 6.20 Å². The van der Waals surface area contributed by atoms with Crippen LogP contribution in [0.4, 0.5) is 0 Å². The largest absolute Gasteiger partial charge is 0.481 e. The van der Waals surface area contributed by atoms with Crippen LogP contribution in [0, 0.1) is 0 Å². The maximum atomic E-state index is 13.1. The number of carboxylic acid groups (broad SMARTS) is 3. The molecule has 4 unspecified atom stereocenters. The first-order chi connectivity index (χ1) is 19.4. The summed E-state index contributed by atoms with van der Waals surface area (Å²) in [4.78, 5) is 75.7. The van der Waals surface area contributed by atoms with Crippen molar-refractivity contribution in [2.75, 3.05) is 6.54 Å². The Kier molecular flexibility index (Phi) is 12.7. The number of aliphatic carboxylic acids is 3. The molecule has 3 amide bonds. The average Bonchev–Trinajstić information content (AvgIpc) is 3.31. The van der Waals surface area contributed by atoms with Crippen LogP contribution in [-0.4, -0.2) is 86.6 Å². The van der Waals surface area contributed by atoms with E-state index in [1.807, 2.05) is 24.3 Å². The topological polar surface area (TPSA) is 267 Å². The fourth-order valence-electron chi connectivity index (χ4n) is 4.12. The molecule has 0 radical (unpaired) electrons. The van der Waals surface area contributed by atoms with Crippen molar-refractivity contribution in [3.8, 4) is 0 Å². The van der Waals surface area contributed by atoms with Crippen LogP contribution in [0.3, 0.4) is 0 Å². The van der Waals surface area contributed by atoms with Gasteiger partial charge in [-0.05, 0) is 50.3 Å². The van der Waals surface area contributed by atoms with E-state index >= 15 is 0 Å². The number of nitrogens with one attached hydrogen (secondary N) is 4. The Labute approximate surface area is 235 Å². The van der Waals surface area contributed by atoms with Crippen LogP contribution in [0.5, 0.6) is 0 Å². The number of carbonyl (C=O) groups excluding carboxylic acids is 3. The predicted molar refractivity (Wildman–Crippen MR) is 145 cm³/mol. The van der Waals surface area contributed by atoms with Gasteiger partial charge in [-0.15, -0.1) is 0 Å². The molecule has 0 aliphatic carbocycles. The van der Waals surface area contributed by atoms with Gasteiger partial charge in [0, 0.05) is 23.5 Å². The number of H-pyrrole nitrogens is 1. The lowest BCUT2D eigenvalue weighted by atomic mass is 10.0. The van der Waals surface area contributed by atoms with Gasteiger partial charge in [-0.25, -0.2) is 4.79 Å². The third-order valence-electron chi connectivity index (χ3n) is 6.30. The SMILES string of the molecule is NCCCCC(NC(=O)C(CC(=O)O)NC(=O)C(N)Cc1c[nH]c2ccccc12)C(=O)NC(CCC(=O)O)C(=O)O. The molecular formula is C26H36N6O9. The molecule has 15 heteroatoms. The smallest absolute Gasteiger partial charge is 0.326 e. The first-order valence-electron chi connectivity index (χ1n) is 13.0. The standard InChI is InChI=1S/C26H36N6O9/c27-10-4-3-7-18(24(38)31-19(26(40)41)8-9-21(33)34)30-25(39)20(12-22(35)36)32-23(37)16(28)11-14-13-29-17-6-2-1-5-15(14)17/h1-2,5-6,13,16,18-20,29H,3-4,7-12,27-28H2,(H,30,39)(H,31,38)(H,32,37)(H,33,34)(H,35,36)(H,40,41). The van der Waals surface area contributed by atoms with Crippen molar-refractivity contribution in [2.45, 2.75) is 69.1 Å². The number of carboxylic acids is 3. The van der Waals surface area contributed by atoms with Crippen molar-refractivity contribution in [1.29, 1.82) is 0 Å². The van der Waals surface area contributed by atoms with Crippen molar-refractivity contribution >= 4 is 46.5 Å². The Balaban J connectivity index is 2.13. The quantitative estimate of drug-likeness (QED) is 0.0976. The van der Waals surface area contributed by atoms with Crippen molar-refractivity contribution in [1.82, 2.24) is 20.9 Å². The van der Waals surface area contributed by atoms with Gasteiger partial charge in [0.15, 0.2) is 0 Å². The number of rotatable bonds is 18. The molecule has 2 aromatic rings. The number of unbranched alkanes of at least 4 members (excludes halogenated alkanes) is 1. The molecule has 2 rings (SSSR count). The van der Waals surface area contributed by atoms with Gasteiger partial charge in [-0.1, -0.05) is 18.2 Å². The highest BCUT2D eigenvalue weighted by atomic mass is 16.4. The maximum absolute atomic E-state index is 13.1. The summed E-state index contributed by atoms with van der Waals surface area (Å²) < 4.78 is 0. The molecule has 0 bridgehead atoms. The van der Waals surface area contributed by atoms with Crippen LogP contribution in [0.25, 0.3) is 10.9 Å². The van der Waals surface area contributed by atoms with Crippen LogP contribution in [0.1, 0.15) is 44.1 Å². The zero-order valence-corrected chi connectivity index (χ0v) is 22.3. The van der Waals surface area contributed by atoms with E-state index in [1.165, 1.54) is 0 Å². The van der Waals surface area contributed by atoms with E-state index in [9.17, 15) is 39.0 Å². The zero-order valence-electron chi connectivity index (χ0n) is 22.3. The third kappa shape index (κ3) is 10.5. The first kappa shape index (κ1) is 32.7. The Hall–Kier alpha value is -4.50. The number of aromatic nitrogens is 1. The molecule has 1 aromatic heterocycles. The molecule has 0 aliphatic rings. The Bertz CT molecular complexity index is 1250. The number of benzene rings is 1. The Morgan fingerprint density at radius 1 is 0.805 bits per heavy atom. The summed E-state index contributed by atoms with van der Waals surface area (Å²) in [6, 6.07) is 1.78. The summed E-state index contributed by atoms with van der Waals surface area (Å²) in [6.45, 7) is 0.282. The minimum Gasteiger partial charge on any atom is -0.481 e. The van der Waals surface area contributed by atoms with E-state index in [-0.39, 0.29) is 19.4 Å². The number of amides is 3. The maximum Gasteiger partial charge on any atom is 0.326 e. The van der Waals surface area contributed by atoms with Gasteiger partial charge in [-0.3, -0.25) is 24.0 Å². The van der Waals surface area contributed by atoms with E-state index in [2.05, 4.69) is 20.9 Å². The number of carbonyl (C=O) groups is 6. The molecule has 0 saturated heterocycles. The number of para-hydroxylation sites is 1. The second kappa shape index (κ2) is 15.9. The van der Waals surface area contributed by atoms with E-state index < -0.39 is 79.1 Å². The Morgan fingerprint density at radius 3 is 2.07 bits per heavy atom. The highest BCUT2D eigenvalue weighted by Gasteiger charge is 2.31. The van der Waals surface area contributed by atoms with Crippen LogP contribution in [-0.2, 0) is 35.2 Å². The number of hydrogen-bond donors (Lipinski definition) is 9. The fraction of sp³-hybridized carbons (Fsp3) is 0.462. The van der Waals surface area contributed by atoms with Crippen LogP contribution in [0.2, 0.25) is 0 Å². The third-order valence-corrected chi connectivity index (χ3v) is 6.30. The van der Waals surface area contributed by atoms with E-state index in [0.717, 1.165) is 16.5 Å². The minimum atomic E-state index is -1.60.